The van der Waals surface area contributed by atoms with E-state index in [1.54, 1.807) is 18.6 Å². The maximum atomic E-state index is 13.3. The van der Waals surface area contributed by atoms with Gasteiger partial charge in [-0.2, -0.15) is 0 Å². The van der Waals surface area contributed by atoms with E-state index in [0.29, 0.717) is 22.4 Å². The molecule has 2 aliphatic rings. The molecule has 0 radical (unpaired) electrons. The summed E-state index contributed by atoms with van der Waals surface area (Å²) in [4.78, 5) is 25.1. The first-order chi connectivity index (χ1) is 16.1. The van der Waals surface area contributed by atoms with Crippen molar-refractivity contribution in [3.63, 3.8) is 0 Å². The number of fused-ring (bicyclic) bond motifs is 3. The van der Waals surface area contributed by atoms with Gasteiger partial charge < -0.3 is 14.8 Å². The van der Waals surface area contributed by atoms with Gasteiger partial charge in [0.1, 0.15) is 6.26 Å². The highest BCUT2D eigenvalue weighted by molar-refractivity contribution is 7.91. The zero-order valence-electron chi connectivity index (χ0n) is 18.1. The highest BCUT2D eigenvalue weighted by Crippen LogP contribution is 2.31. The Morgan fingerprint density at radius 2 is 1.91 bits per heavy atom. The third-order valence-electron chi connectivity index (χ3n) is 6.60. The van der Waals surface area contributed by atoms with E-state index in [-0.39, 0.29) is 11.9 Å². The summed E-state index contributed by atoms with van der Waals surface area (Å²) in [7, 11) is 0. The first-order valence-corrected chi connectivity index (χ1v) is 12.5. The second-order valence-electron chi connectivity index (χ2n) is 8.64. The van der Waals surface area contributed by atoms with Crippen molar-refractivity contribution in [1.82, 2.24) is 24.8 Å². The summed E-state index contributed by atoms with van der Waals surface area (Å²) < 4.78 is 14.3. The first-order valence-electron chi connectivity index (χ1n) is 11.0. The van der Waals surface area contributed by atoms with Crippen molar-refractivity contribution in [2.24, 2.45) is 0 Å². The van der Waals surface area contributed by atoms with Gasteiger partial charge in [-0.05, 0) is 41.4 Å². The fraction of sp³-hybridized carbons (Fsp3) is 0.240. The molecule has 6 rings (SSSR count). The van der Waals surface area contributed by atoms with Gasteiger partial charge in [0.2, 0.25) is 5.95 Å². The zero-order chi connectivity index (χ0) is 22.5. The minimum Gasteiger partial charge on any atom is -0.612 e. The molecule has 1 amide bonds. The molecular formula is C25H23N5O2S. The van der Waals surface area contributed by atoms with Crippen LogP contribution in [-0.4, -0.2) is 61.3 Å². The summed E-state index contributed by atoms with van der Waals surface area (Å²) in [6.07, 6.45) is 8.06. The number of rotatable bonds is 4. The number of benzene rings is 2. The smallest absolute Gasteiger partial charge is 0.254 e. The minimum atomic E-state index is -1.19. The van der Waals surface area contributed by atoms with Gasteiger partial charge in [0.15, 0.2) is 4.90 Å². The van der Waals surface area contributed by atoms with E-state index < -0.39 is 11.2 Å². The Morgan fingerprint density at radius 1 is 1.12 bits per heavy atom. The molecule has 33 heavy (non-hydrogen) atoms. The van der Waals surface area contributed by atoms with Crippen LogP contribution in [0.3, 0.4) is 0 Å². The lowest BCUT2D eigenvalue weighted by Crippen LogP contribution is -2.46. The van der Waals surface area contributed by atoms with E-state index >= 15 is 0 Å². The quantitative estimate of drug-likeness (QED) is 0.476. The first kappa shape index (κ1) is 20.4. The summed E-state index contributed by atoms with van der Waals surface area (Å²) in [5.74, 6) is 0.517. The Bertz CT molecular complexity index is 1340. The summed E-state index contributed by atoms with van der Waals surface area (Å²) in [5, 5.41) is 4.28. The number of carbonyl (C=O) groups excluding carboxylic acids is 1. The normalized spacial score (nSPS) is 20.5. The highest BCUT2D eigenvalue weighted by Gasteiger charge is 2.40. The van der Waals surface area contributed by atoms with Crippen LogP contribution in [0, 0.1) is 0 Å². The molecule has 2 aliphatic heterocycles. The second kappa shape index (κ2) is 7.98. The molecule has 0 spiro atoms. The van der Waals surface area contributed by atoms with E-state index in [9.17, 15) is 9.35 Å². The van der Waals surface area contributed by atoms with Crippen molar-refractivity contribution in [1.29, 1.82) is 0 Å². The maximum Gasteiger partial charge on any atom is 0.254 e. The van der Waals surface area contributed by atoms with Crippen LogP contribution in [0.4, 0.5) is 0 Å². The number of nitrogens with one attached hydrogen (secondary N) is 1. The molecule has 0 saturated carbocycles. The lowest BCUT2D eigenvalue weighted by atomic mass is 10.1. The number of amides is 1. The second-order valence-corrected chi connectivity index (χ2v) is 9.99. The van der Waals surface area contributed by atoms with Crippen LogP contribution in [0.5, 0.6) is 0 Å². The van der Waals surface area contributed by atoms with Crippen molar-refractivity contribution in [2.45, 2.75) is 23.4 Å². The van der Waals surface area contributed by atoms with Crippen molar-refractivity contribution in [3.05, 3.63) is 72.7 Å². The van der Waals surface area contributed by atoms with Crippen LogP contribution in [0.1, 0.15) is 16.8 Å². The van der Waals surface area contributed by atoms with Crippen molar-refractivity contribution >= 4 is 28.0 Å². The Balaban J connectivity index is 1.40. The molecule has 7 nitrogen and oxygen atoms in total. The highest BCUT2D eigenvalue weighted by atomic mass is 32.2. The summed E-state index contributed by atoms with van der Waals surface area (Å²) in [6.45, 7) is 1.60. The van der Waals surface area contributed by atoms with Crippen molar-refractivity contribution in [3.8, 4) is 17.1 Å². The average Bonchev–Trinajstić information content (AvgIpc) is 3.58. The van der Waals surface area contributed by atoms with Gasteiger partial charge in [0.05, 0.1) is 17.1 Å². The zero-order valence-corrected chi connectivity index (χ0v) is 19.0. The van der Waals surface area contributed by atoms with Crippen LogP contribution in [0.25, 0.3) is 28.0 Å². The summed E-state index contributed by atoms with van der Waals surface area (Å²) in [5.41, 5.74) is 3.37. The Hall–Kier alpha value is -3.20. The standard InChI is InChI=1S/C25H23N5O2S/c1-33(32)23-15-30(25-27-11-18(12-28-25)16-5-3-2-4-6-16)22-9-17(7-8-21(22)23)24(31)29-14-19-10-20(29)13-26-19/h2-9,11-12,15,19-20,26H,10,13-14H2,1H3. The number of hydrogen-bond donors (Lipinski definition) is 1. The lowest BCUT2D eigenvalue weighted by molar-refractivity contribution is 0.0716. The molecule has 3 unspecified atom stereocenters. The molecule has 4 aromatic rings. The van der Waals surface area contributed by atoms with Gasteiger partial charge in [-0.15, -0.1) is 0 Å². The van der Waals surface area contributed by atoms with Crippen LogP contribution in [0.2, 0.25) is 0 Å². The van der Waals surface area contributed by atoms with Gasteiger partial charge in [-0.25, -0.2) is 9.97 Å². The van der Waals surface area contributed by atoms with Gasteiger partial charge in [-0.1, -0.05) is 30.3 Å². The fourth-order valence-electron chi connectivity index (χ4n) is 4.92. The number of hydrogen-bond acceptors (Lipinski definition) is 5. The predicted octanol–water partition coefficient (Wildman–Crippen LogP) is 3.01. The molecule has 8 heteroatoms. The maximum absolute atomic E-state index is 13.3. The average molecular weight is 458 g/mol. The number of nitrogens with zero attached hydrogens (tertiary/aromatic N) is 4. The molecule has 0 aliphatic carbocycles. The van der Waals surface area contributed by atoms with Gasteiger partial charge >= 0.3 is 0 Å². The Kier molecular flexibility index (Phi) is 4.94. The third-order valence-corrected chi connectivity index (χ3v) is 7.55. The SMILES string of the molecule is C[S+]([O-])c1cn(-c2ncc(-c3ccccc3)cn2)c2cc(C(=O)N3CC4CC3CN4)ccc12. The topological polar surface area (TPSA) is 86.1 Å². The number of aromatic nitrogens is 3. The number of piperazine rings is 1. The van der Waals surface area contributed by atoms with E-state index in [1.165, 1.54) is 0 Å². The molecular weight excluding hydrogens is 434 g/mol. The van der Waals surface area contributed by atoms with Crippen LogP contribution in [-0.2, 0) is 11.2 Å². The third kappa shape index (κ3) is 3.51. The van der Waals surface area contributed by atoms with Gasteiger partial charge in [0, 0.05) is 48.7 Å². The molecule has 2 saturated heterocycles. The van der Waals surface area contributed by atoms with Crippen molar-refractivity contribution in [2.75, 3.05) is 19.3 Å². The largest absolute Gasteiger partial charge is 0.612 e. The minimum absolute atomic E-state index is 0.0400. The van der Waals surface area contributed by atoms with E-state index in [2.05, 4.69) is 15.3 Å². The monoisotopic (exact) mass is 457 g/mol. The Labute approximate surface area is 194 Å². The molecule has 166 valence electrons. The predicted molar refractivity (Wildman–Crippen MR) is 128 cm³/mol. The molecule has 2 aromatic carbocycles. The molecule has 2 bridgehead atoms. The number of carbonyl (C=O) groups is 1. The molecule has 3 atom stereocenters. The Morgan fingerprint density at radius 3 is 2.58 bits per heavy atom. The van der Waals surface area contributed by atoms with E-state index in [0.717, 1.165) is 41.5 Å². The lowest BCUT2D eigenvalue weighted by Gasteiger charge is -2.27. The molecule has 1 N–H and O–H groups in total. The van der Waals surface area contributed by atoms with Gasteiger partial charge in [-0.3, -0.25) is 9.36 Å². The van der Waals surface area contributed by atoms with Crippen molar-refractivity contribution < 1.29 is 9.35 Å². The summed E-state index contributed by atoms with van der Waals surface area (Å²) >= 11 is -1.19. The molecule has 4 heterocycles. The summed E-state index contributed by atoms with van der Waals surface area (Å²) in [6, 6.07) is 16.2. The van der Waals surface area contributed by atoms with Crippen LogP contribution < -0.4 is 5.32 Å². The molecule has 2 fully saturated rings. The van der Waals surface area contributed by atoms with Gasteiger partial charge in [0.25, 0.3) is 5.91 Å². The van der Waals surface area contributed by atoms with Crippen LogP contribution >= 0.6 is 0 Å². The molecule has 2 aromatic heterocycles. The van der Waals surface area contributed by atoms with E-state index in [4.69, 9.17) is 0 Å². The van der Waals surface area contributed by atoms with Crippen LogP contribution in [0.15, 0.2) is 72.0 Å². The fourth-order valence-corrected chi connectivity index (χ4v) is 5.66. The number of likely N-dealkylation sites (tertiary alicyclic amines) is 1. The van der Waals surface area contributed by atoms with E-state index in [1.807, 2.05) is 64.2 Å².